The third kappa shape index (κ3) is 6.64. The van der Waals surface area contributed by atoms with Gasteiger partial charge in [0, 0.05) is 36.3 Å². The number of rotatable bonds is 6. The van der Waals surface area contributed by atoms with Crippen molar-refractivity contribution in [3.8, 4) is 11.8 Å². The van der Waals surface area contributed by atoms with E-state index in [4.69, 9.17) is 9.94 Å². The molecule has 2 aromatic carbocycles. The van der Waals surface area contributed by atoms with Gasteiger partial charge in [0.1, 0.15) is 6.04 Å². The van der Waals surface area contributed by atoms with Crippen LogP contribution in [-0.2, 0) is 16.1 Å². The number of morpholine rings is 1. The number of hydroxylamine groups is 1. The van der Waals surface area contributed by atoms with Crippen LogP contribution in [0.25, 0.3) is 0 Å². The van der Waals surface area contributed by atoms with E-state index in [1.165, 1.54) is 18.0 Å². The van der Waals surface area contributed by atoms with E-state index < -0.39 is 24.0 Å². The Hall–Kier alpha value is -3.22. The number of carbonyl (C=O) groups excluding carboxylic acids is 2. The fraction of sp³-hybridized carbons (Fsp3) is 0.333. The second-order valence-corrected chi connectivity index (χ2v) is 7.58. The molecule has 0 aliphatic carbocycles. The van der Waals surface area contributed by atoms with Gasteiger partial charge >= 0.3 is 0 Å². The molecule has 3 rings (SSSR count). The third-order valence-electron chi connectivity index (χ3n) is 5.12. The first-order valence-corrected chi connectivity index (χ1v) is 10.4. The first-order chi connectivity index (χ1) is 15.5. The van der Waals surface area contributed by atoms with E-state index in [9.17, 15) is 14.7 Å². The second kappa shape index (κ2) is 11.4. The van der Waals surface area contributed by atoms with Crippen LogP contribution < -0.4 is 10.8 Å². The molecule has 1 aliphatic rings. The van der Waals surface area contributed by atoms with Crippen molar-refractivity contribution in [2.24, 2.45) is 0 Å². The lowest BCUT2D eigenvalue weighted by molar-refractivity contribution is -0.133. The van der Waals surface area contributed by atoms with Crippen LogP contribution in [0.15, 0.2) is 48.5 Å². The molecule has 168 valence electrons. The Labute approximate surface area is 187 Å². The van der Waals surface area contributed by atoms with Crippen molar-refractivity contribution in [1.29, 1.82) is 0 Å². The van der Waals surface area contributed by atoms with E-state index in [0.717, 1.165) is 44.0 Å². The fourth-order valence-electron chi connectivity index (χ4n) is 3.26. The summed E-state index contributed by atoms with van der Waals surface area (Å²) < 4.78 is 5.37. The maximum Gasteiger partial charge on any atom is 0.268 e. The van der Waals surface area contributed by atoms with Gasteiger partial charge in [-0.3, -0.25) is 19.7 Å². The lowest BCUT2D eigenvalue weighted by atomic mass is 10.1. The van der Waals surface area contributed by atoms with Gasteiger partial charge < -0.3 is 15.2 Å². The van der Waals surface area contributed by atoms with Gasteiger partial charge in [0.2, 0.25) is 0 Å². The number of aliphatic hydroxyl groups excluding tert-OH is 1. The summed E-state index contributed by atoms with van der Waals surface area (Å²) in [7, 11) is 0. The predicted octanol–water partition coefficient (Wildman–Crippen LogP) is 0.903. The zero-order valence-electron chi connectivity index (χ0n) is 17.9. The van der Waals surface area contributed by atoms with Crippen molar-refractivity contribution in [3.63, 3.8) is 0 Å². The lowest BCUT2D eigenvalue weighted by Gasteiger charge is -2.26. The molecule has 4 N–H and O–H groups in total. The van der Waals surface area contributed by atoms with Gasteiger partial charge in [-0.2, -0.15) is 0 Å². The van der Waals surface area contributed by atoms with Crippen molar-refractivity contribution in [2.75, 3.05) is 26.3 Å². The summed E-state index contributed by atoms with van der Waals surface area (Å²) in [6.07, 6.45) is -1.17. The molecule has 0 saturated carbocycles. The molecule has 2 atom stereocenters. The quantitative estimate of drug-likeness (QED) is 0.304. The van der Waals surface area contributed by atoms with Crippen LogP contribution in [0.3, 0.4) is 0 Å². The van der Waals surface area contributed by atoms with Crippen molar-refractivity contribution in [1.82, 2.24) is 15.7 Å². The Morgan fingerprint density at radius 1 is 1.03 bits per heavy atom. The molecular weight excluding hydrogens is 410 g/mol. The van der Waals surface area contributed by atoms with Gasteiger partial charge in [-0.25, -0.2) is 5.48 Å². The zero-order chi connectivity index (χ0) is 22.9. The van der Waals surface area contributed by atoms with Gasteiger partial charge in [-0.15, -0.1) is 0 Å². The molecule has 1 aliphatic heterocycles. The van der Waals surface area contributed by atoms with E-state index in [1.54, 1.807) is 24.3 Å². The molecule has 1 heterocycles. The highest BCUT2D eigenvalue weighted by Gasteiger charge is 2.25. The molecule has 1 saturated heterocycles. The van der Waals surface area contributed by atoms with Crippen LogP contribution in [0.5, 0.6) is 0 Å². The van der Waals surface area contributed by atoms with E-state index >= 15 is 0 Å². The van der Waals surface area contributed by atoms with Crippen LogP contribution in [0.2, 0.25) is 0 Å². The van der Waals surface area contributed by atoms with Crippen molar-refractivity contribution in [3.05, 3.63) is 70.8 Å². The number of nitrogens with zero attached hydrogens (tertiary/aromatic N) is 1. The monoisotopic (exact) mass is 437 g/mol. The Morgan fingerprint density at radius 2 is 1.59 bits per heavy atom. The lowest BCUT2D eigenvalue weighted by Crippen LogP contribution is -2.51. The minimum absolute atomic E-state index is 0.305. The van der Waals surface area contributed by atoms with E-state index in [-0.39, 0.29) is 0 Å². The maximum atomic E-state index is 12.3. The molecule has 0 radical (unpaired) electrons. The zero-order valence-corrected chi connectivity index (χ0v) is 17.9. The average molecular weight is 437 g/mol. The van der Waals surface area contributed by atoms with Crippen LogP contribution in [0, 0.1) is 11.8 Å². The Bertz CT molecular complexity index is 971. The molecule has 0 aromatic heterocycles. The number of carbonyl (C=O) groups is 2. The number of hydrogen-bond donors (Lipinski definition) is 4. The van der Waals surface area contributed by atoms with E-state index in [0.29, 0.717) is 5.56 Å². The van der Waals surface area contributed by atoms with Crippen molar-refractivity contribution in [2.45, 2.75) is 25.6 Å². The molecule has 2 aromatic rings. The highest BCUT2D eigenvalue weighted by molar-refractivity contribution is 5.97. The van der Waals surface area contributed by atoms with Crippen LogP contribution in [0.1, 0.15) is 34.0 Å². The van der Waals surface area contributed by atoms with E-state index in [1.807, 2.05) is 12.1 Å². The average Bonchev–Trinajstić information content (AvgIpc) is 2.82. The Balaban J connectivity index is 1.58. The molecule has 0 bridgehead atoms. The molecule has 8 heteroatoms. The minimum atomic E-state index is -1.27. The number of aliphatic hydroxyl groups is 1. The standard InChI is InChI=1S/C24H27N3O5/c1-17(28)22(24(30)26-31)25-23(29)21-10-8-19(9-11-21)3-2-18-4-6-20(7-5-18)16-27-12-14-32-15-13-27/h4-11,17,22,28,31H,12-16H2,1H3,(H,25,29)(H,26,30)/t17?,22-/m0/s1. The second-order valence-electron chi connectivity index (χ2n) is 7.58. The van der Waals surface area contributed by atoms with Gasteiger partial charge in [0.25, 0.3) is 11.8 Å². The highest BCUT2D eigenvalue weighted by Crippen LogP contribution is 2.10. The van der Waals surface area contributed by atoms with Gasteiger partial charge in [-0.05, 0) is 48.9 Å². The van der Waals surface area contributed by atoms with Gasteiger partial charge in [0.05, 0.1) is 19.3 Å². The van der Waals surface area contributed by atoms with Gasteiger partial charge in [0.15, 0.2) is 0 Å². The first kappa shape index (κ1) is 23.4. The van der Waals surface area contributed by atoms with Crippen molar-refractivity contribution >= 4 is 11.8 Å². The largest absolute Gasteiger partial charge is 0.391 e. The molecular formula is C24H27N3O5. The summed E-state index contributed by atoms with van der Waals surface area (Å²) in [6, 6.07) is 13.5. The molecule has 2 amide bonds. The molecule has 8 nitrogen and oxygen atoms in total. The first-order valence-electron chi connectivity index (χ1n) is 10.4. The summed E-state index contributed by atoms with van der Waals surface area (Å²) in [4.78, 5) is 26.2. The van der Waals surface area contributed by atoms with Gasteiger partial charge in [-0.1, -0.05) is 24.0 Å². The number of ether oxygens (including phenoxy) is 1. The molecule has 32 heavy (non-hydrogen) atoms. The molecule has 1 unspecified atom stereocenters. The van der Waals surface area contributed by atoms with Crippen LogP contribution in [-0.4, -0.2) is 65.5 Å². The number of hydrogen-bond acceptors (Lipinski definition) is 6. The summed E-state index contributed by atoms with van der Waals surface area (Å²) in [6.45, 7) is 5.70. The topological polar surface area (TPSA) is 111 Å². The SMILES string of the molecule is CC(O)[C@H](NC(=O)c1ccc(C#Cc2ccc(CN3CCOCC3)cc2)cc1)C(=O)NO. The summed E-state index contributed by atoms with van der Waals surface area (Å²) in [5, 5.41) is 20.7. The Morgan fingerprint density at radius 3 is 2.12 bits per heavy atom. The maximum absolute atomic E-state index is 12.3. The van der Waals surface area contributed by atoms with E-state index in [2.05, 4.69) is 34.2 Å². The summed E-state index contributed by atoms with van der Waals surface area (Å²) >= 11 is 0. The Kier molecular flexibility index (Phi) is 8.36. The summed E-state index contributed by atoms with van der Waals surface area (Å²) in [5.74, 6) is 4.74. The smallest absolute Gasteiger partial charge is 0.268 e. The third-order valence-corrected chi connectivity index (χ3v) is 5.12. The fourth-order valence-corrected chi connectivity index (χ4v) is 3.26. The van der Waals surface area contributed by atoms with Crippen molar-refractivity contribution < 1.29 is 24.6 Å². The molecule has 1 fully saturated rings. The number of benzene rings is 2. The normalized spacial score (nSPS) is 15.7. The molecule has 0 spiro atoms. The highest BCUT2D eigenvalue weighted by atomic mass is 16.5. The minimum Gasteiger partial charge on any atom is -0.391 e. The summed E-state index contributed by atoms with van der Waals surface area (Å²) in [5.41, 5.74) is 4.60. The number of nitrogens with one attached hydrogen (secondary N) is 2. The van der Waals surface area contributed by atoms with Crippen LogP contribution >= 0.6 is 0 Å². The van der Waals surface area contributed by atoms with Crippen LogP contribution in [0.4, 0.5) is 0 Å². The number of amides is 2. The predicted molar refractivity (Wildman–Crippen MR) is 118 cm³/mol.